The number of aliphatic hydroxyl groups is 1. The molecule has 0 bridgehead atoms. The number of methoxy groups -OCH3 is 1. The van der Waals surface area contributed by atoms with Gasteiger partial charge in [-0.2, -0.15) is 0 Å². The van der Waals surface area contributed by atoms with Crippen LogP contribution in [0.2, 0.25) is 0 Å². The normalized spacial score (nSPS) is 24.2. The minimum atomic E-state index is -0.539. The molecule has 5 heteroatoms. The van der Waals surface area contributed by atoms with Gasteiger partial charge in [0.1, 0.15) is 11.9 Å². The SMILES string of the molecule is COC(=O)[C@@H]1C[C@H](O)CN1Cc1cccc(F)c1. The zero-order chi connectivity index (χ0) is 13.1. The Kier molecular flexibility index (Phi) is 3.93. The largest absolute Gasteiger partial charge is 0.468 e. The van der Waals surface area contributed by atoms with E-state index in [1.807, 2.05) is 4.90 Å². The number of β-amino-alcohol motifs (C(OH)–C–C–N with tert-alkyl or cyclic N) is 1. The molecule has 1 N–H and O–H groups in total. The average molecular weight is 253 g/mol. The molecule has 4 nitrogen and oxygen atoms in total. The van der Waals surface area contributed by atoms with Crippen LogP contribution in [0.25, 0.3) is 0 Å². The Morgan fingerprint density at radius 3 is 3.06 bits per heavy atom. The highest BCUT2D eigenvalue weighted by Crippen LogP contribution is 2.21. The summed E-state index contributed by atoms with van der Waals surface area (Å²) in [7, 11) is 1.33. The standard InChI is InChI=1S/C13H16FNO3/c1-18-13(17)12-6-11(16)8-15(12)7-9-3-2-4-10(14)5-9/h2-5,11-12,16H,6-8H2,1H3/t11-,12-/m0/s1. The van der Waals surface area contributed by atoms with Crippen molar-refractivity contribution in [1.82, 2.24) is 4.90 Å². The van der Waals surface area contributed by atoms with Gasteiger partial charge in [0.15, 0.2) is 0 Å². The second-order valence-electron chi connectivity index (χ2n) is 4.49. The van der Waals surface area contributed by atoms with Crippen molar-refractivity contribution in [3.05, 3.63) is 35.6 Å². The van der Waals surface area contributed by atoms with Crippen molar-refractivity contribution in [2.75, 3.05) is 13.7 Å². The third kappa shape index (κ3) is 2.86. The van der Waals surface area contributed by atoms with Crippen molar-refractivity contribution >= 4 is 5.97 Å². The molecular formula is C13H16FNO3. The summed E-state index contributed by atoms with van der Waals surface area (Å²) < 4.78 is 17.8. The third-order valence-electron chi connectivity index (χ3n) is 3.13. The number of hydrogen-bond acceptors (Lipinski definition) is 4. The summed E-state index contributed by atoms with van der Waals surface area (Å²) in [6, 6.07) is 5.78. The Morgan fingerprint density at radius 2 is 2.39 bits per heavy atom. The zero-order valence-corrected chi connectivity index (χ0v) is 10.2. The molecule has 1 aromatic carbocycles. The Balaban J connectivity index is 2.09. The van der Waals surface area contributed by atoms with E-state index < -0.39 is 12.1 Å². The van der Waals surface area contributed by atoms with Crippen molar-refractivity contribution in [3.8, 4) is 0 Å². The lowest BCUT2D eigenvalue weighted by Gasteiger charge is -2.21. The fourth-order valence-electron chi connectivity index (χ4n) is 2.31. The lowest BCUT2D eigenvalue weighted by atomic mass is 10.1. The van der Waals surface area contributed by atoms with E-state index in [1.165, 1.54) is 19.2 Å². The second kappa shape index (κ2) is 5.46. The van der Waals surface area contributed by atoms with Crippen LogP contribution >= 0.6 is 0 Å². The molecule has 1 fully saturated rings. The molecule has 1 aliphatic rings. The molecule has 2 atom stereocenters. The first-order chi connectivity index (χ1) is 8.60. The van der Waals surface area contributed by atoms with Crippen LogP contribution in [0.5, 0.6) is 0 Å². The quantitative estimate of drug-likeness (QED) is 0.814. The van der Waals surface area contributed by atoms with Gasteiger partial charge in [-0.05, 0) is 17.7 Å². The maximum absolute atomic E-state index is 13.1. The first-order valence-corrected chi connectivity index (χ1v) is 5.84. The lowest BCUT2D eigenvalue weighted by Crippen LogP contribution is -2.36. The van der Waals surface area contributed by atoms with Crippen molar-refractivity contribution < 1.29 is 19.0 Å². The van der Waals surface area contributed by atoms with Crippen LogP contribution in [0.4, 0.5) is 4.39 Å². The van der Waals surface area contributed by atoms with Crippen LogP contribution < -0.4 is 0 Å². The predicted octanol–water partition coefficient (Wildman–Crippen LogP) is 0.934. The number of carbonyl (C=O) groups excluding carboxylic acids is 1. The summed E-state index contributed by atoms with van der Waals surface area (Å²) in [6.45, 7) is 0.824. The summed E-state index contributed by atoms with van der Waals surface area (Å²) in [5.41, 5.74) is 0.776. The number of halogens is 1. The number of rotatable bonds is 3. The first kappa shape index (κ1) is 13.0. The Labute approximate surface area is 105 Å². The first-order valence-electron chi connectivity index (χ1n) is 5.84. The monoisotopic (exact) mass is 253 g/mol. The van der Waals surface area contributed by atoms with Gasteiger partial charge in [0, 0.05) is 19.5 Å². The van der Waals surface area contributed by atoms with Gasteiger partial charge in [-0.1, -0.05) is 12.1 Å². The number of esters is 1. The maximum atomic E-state index is 13.1. The van der Waals surface area contributed by atoms with Crippen molar-refractivity contribution in [2.45, 2.75) is 25.1 Å². The maximum Gasteiger partial charge on any atom is 0.323 e. The molecular weight excluding hydrogens is 237 g/mol. The van der Waals surface area contributed by atoms with E-state index in [-0.39, 0.29) is 11.8 Å². The van der Waals surface area contributed by atoms with E-state index in [4.69, 9.17) is 4.74 Å². The topological polar surface area (TPSA) is 49.8 Å². The molecule has 18 heavy (non-hydrogen) atoms. The van der Waals surface area contributed by atoms with Crippen LogP contribution in [0.3, 0.4) is 0 Å². The predicted molar refractivity (Wildman–Crippen MR) is 63.2 cm³/mol. The third-order valence-corrected chi connectivity index (χ3v) is 3.13. The number of aliphatic hydroxyl groups excluding tert-OH is 1. The Hall–Kier alpha value is -1.46. The number of nitrogens with zero attached hydrogens (tertiary/aromatic N) is 1. The lowest BCUT2D eigenvalue weighted by molar-refractivity contribution is -0.146. The molecule has 0 amide bonds. The van der Waals surface area contributed by atoms with Crippen molar-refractivity contribution in [2.24, 2.45) is 0 Å². The summed E-state index contributed by atoms with van der Waals surface area (Å²) in [5.74, 6) is -0.662. The number of ether oxygens (including phenoxy) is 1. The number of hydrogen-bond donors (Lipinski definition) is 1. The van der Waals surface area contributed by atoms with E-state index in [2.05, 4.69) is 0 Å². The highest BCUT2D eigenvalue weighted by molar-refractivity contribution is 5.76. The van der Waals surface area contributed by atoms with Crippen molar-refractivity contribution in [1.29, 1.82) is 0 Å². The van der Waals surface area contributed by atoms with Crippen LogP contribution in [-0.4, -0.2) is 41.8 Å². The molecule has 0 radical (unpaired) electrons. The molecule has 0 saturated carbocycles. The minimum absolute atomic E-state index is 0.304. The van der Waals surface area contributed by atoms with Gasteiger partial charge < -0.3 is 9.84 Å². The summed E-state index contributed by atoms with van der Waals surface area (Å²) in [4.78, 5) is 13.4. The Morgan fingerprint density at radius 1 is 1.61 bits per heavy atom. The van der Waals surface area contributed by atoms with Gasteiger partial charge >= 0.3 is 5.97 Å². The fraction of sp³-hybridized carbons (Fsp3) is 0.462. The molecule has 0 aromatic heterocycles. The van der Waals surface area contributed by atoms with E-state index in [0.29, 0.717) is 19.5 Å². The average Bonchev–Trinajstić information content (AvgIpc) is 2.69. The van der Waals surface area contributed by atoms with Gasteiger partial charge in [0.2, 0.25) is 0 Å². The van der Waals surface area contributed by atoms with Gasteiger partial charge in [-0.15, -0.1) is 0 Å². The van der Waals surface area contributed by atoms with Crippen LogP contribution in [-0.2, 0) is 16.1 Å². The smallest absolute Gasteiger partial charge is 0.323 e. The van der Waals surface area contributed by atoms with Gasteiger partial charge in [-0.3, -0.25) is 9.69 Å². The second-order valence-corrected chi connectivity index (χ2v) is 4.49. The number of benzene rings is 1. The van der Waals surface area contributed by atoms with Gasteiger partial charge in [0.05, 0.1) is 13.2 Å². The molecule has 98 valence electrons. The number of carbonyl (C=O) groups is 1. The molecule has 1 saturated heterocycles. The molecule has 0 spiro atoms. The summed E-state index contributed by atoms with van der Waals surface area (Å²) in [5, 5.41) is 9.62. The molecule has 0 unspecified atom stereocenters. The molecule has 1 aliphatic heterocycles. The van der Waals surface area contributed by atoms with Crippen molar-refractivity contribution in [3.63, 3.8) is 0 Å². The summed E-state index contributed by atoms with van der Waals surface area (Å²) in [6.07, 6.45) is -0.176. The zero-order valence-electron chi connectivity index (χ0n) is 10.2. The van der Waals surface area contributed by atoms with Crippen LogP contribution in [0.1, 0.15) is 12.0 Å². The van der Waals surface area contributed by atoms with E-state index in [9.17, 15) is 14.3 Å². The van der Waals surface area contributed by atoms with E-state index >= 15 is 0 Å². The van der Waals surface area contributed by atoms with E-state index in [1.54, 1.807) is 12.1 Å². The van der Waals surface area contributed by atoms with Gasteiger partial charge in [0.25, 0.3) is 0 Å². The molecule has 1 heterocycles. The molecule has 1 aromatic rings. The van der Waals surface area contributed by atoms with E-state index in [0.717, 1.165) is 5.56 Å². The summed E-state index contributed by atoms with van der Waals surface area (Å²) >= 11 is 0. The number of likely N-dealkylation sites (tertiary alicyclic amines) is 1. The highest BCUT2D eigenvalue weighted by Gasteiger charge is 2.36. The minimum Gasteiger partial charge on any atom is -0.468 e. The fourth-order valence-corrected chi connectivity index (χ4v) is 2.31. The Bertz CT molecular complexity index is 438. The van der Waals surface area contributed by atoms with Crippen LogP contribution in [0.15, 0.2) is 24.3 Å². The van der Waals surface area contributed by atoms with Gasteiger partial charge in [-0.25, -0.2) is 4.39 Å². The molecule has 2 rings (SSSR count). The highest BCUT2D eigenvalue weighted by atomic mass is 19.1. The molecule has 0 aliphatic carbocycles. The van der Waals surface area contributed by atoms with Crippen LogP contribution in [0, 0.1) is 5.82 Å².